The van der Waals surface area contributed by atoms with E-state index in [9.17, 15) is 4.79 Å². The molecule has 0 bridgehead atoms. The van der Waals surface area contributed by atoms with Crippen molar-refractivity contribution in [3.8, 4) is 5.75 Å². The first-order valence-electron chi connectivity index (χ1n) is 7.52. The van der Waals surface area contributed by atoms with E-state index in [1.165, 1.54) is 0 Å². The molecule has 1 atom stereocenters. The van der Waals surface area contributed by atoms with Crippen molar-refractivity contribution >= 4 is 29.2 Å². The molecule has 24 heavy (non-hydrogen) atoms. The van der Waals surface area contributed by atoms with E-state index < -0.39 is 5.97 Å². The van der Waals surface area contributed by atoms with Crippen LogP contribution in [-0.4, -0.2) is 36.1 Å². The van der Waals surface area contributed by atoms with Crippen LogP contribution in [-0.2, 0) is 4.79 Å². The van der Waals surface area contributed by atoms with E-state index in [-0.39, 0.29) is 12.6 Å². The van der Waals surface area contributed by atoms with Crippen LogP contribution >= 0.6 is 23.2 Å². The lowest BCUT2D eigenvalue weighted by Gasteiger charge is -2.22. The van der Waals surface area contributed by atoms with Crippen molar-refractivity contribution in [2.75, 3.05) is 20.1 Å². The van der Waals surface area contributed by atoms with E-state index in [2.05, 4.69) is 0 Å². The molecule has 1 unspecified atom stereocenters. The summed E-state index contributed by atoms with van der Waals surface area (Å²) in [6, 6.07) is 14.9. The number of nitrogens with zero attached hydrogens (tertiary/aromatic N) is 1. The van der Waals surface area contributed by atoms with Crippen molar-refractivity contribution in [2.24, 2.45) is 0 Å². The number of ether oxygens (including phenoxy) is 1. The molecular weight excluding hydrogens is 349 g/mol. The average Bonchev–Trinajstić information content (AvgIpc) is 2.55. The van der Waals surface area contributed by atoms with E-state index in [0.717, 1.165) is 5.56 Å². The molecule has 0 radical (unpaired) electrons. The third-order valence-corrected chi connectivity index (χ3v) is 4.26. The van der Waals surface area contributed by atoms with E-state index >= 15 is 0 Å². The molecule has 0 spiro atoms. The van der Waals surface area contributed by atoms with Gasteiger partial charge in [-0.05, 0) is 24.7 Å². The van der Waals surface area contributed by atoms with Gasteiger partial charge in [0.1, 0.15) is 11.9 Å². The highest BCUT2D eigenvalue weighted by atomic mass is 35.5. The smallest absolute Gasteiger partial charge is 0.317 e. The molecule has 0 saturated carbocycles. The summed E-state index contributed by atoms with van der Waals surface area (Å²) >= 11 is 12.0. The fourth-order valence-electron chi connectivity index (χ4n) is 2.32. The Labute approximate surface area is 151 Å². The van der Waals surface area contributed by atoms with Gasteiger partial charge in [0.05, 0.1) is 16.6 Å². The van der Waals surface area contributed by atoms with Crippen molar-refractivity contribution in [3.05, 3.63) is 64.1 Å². The summed E-state index contributed by atoms with van der Waals surface area (Å²) < 4.78 is 6.07. The lowest BCUT2D eigenvalue weighted by atomic mass is 10.1. The molecule has 4 nitrogen and oxygen atoms in total. The SMILES string of the molecule is CN(CCC(Oc1ccc(Cl)c(Cl)c1)c1ccccc1)CC(=O)O. The van der Waals surface area contributed by atoms with Gasteiger partial charge in [-0.15, -0.1) is 0 Å². The van der Waals surface area contributed by atoms with E-state index in [1.54, 1.807) is 30.1 Å². The van der Waals surface area contributed by atoms with Crippen molar-refractivity contribution < 1.29 is 14.6 Å². The number of carboxylic acids is 1. The predicted octanol–water partition coefficient (Wildman–Crippen LogP) is 4.52. The normalized spacial score (nSPS) is 12.2. The fourth-order valence-corrected chi connectivity index (χ4v) is 2.61. The van der Waals surface area contributed by atoms with Crippen LogP contribution < -0.4 is 4.74 Å². The third-order valence-electron chi connectivity index (χ3n) is 3.52. The zero-order chi connectivity index (χ0) is 17.5. The van der Waals surface area contributed by atoms with Crippen LogP contribution in [0.1, 0.15) is 18.1 Å². The maximum absolute atomic E-state index is 10.8. The Kier molecular flexibility index (Phi) is 6.91. The van der Waals surface area contributed by atoms with Crippen molar-refractivity contribution in [3.63, 3.8) is 0 Å². The largest absolute Gasteiger partial charge is 0.486 e. The Hall–Kier alpha value is -1.75. The summed E-state index contributed by atoms with van der Waals surface area (Å²) in [6.45, 7) is 0.585. The predicted molar refractivity (Wildman–Crippen MR) is 96.0 cm³/mol. The van der Waals surface area contributed by atoms with E-state index in [4.69, 9.17) is 33.0 Å². The highest BCUT2D eigenvalue weighted by Crippen LogP contribution is 2.30. The molecule has 6 heteroatoms. The topological polar surface area (TPSA) is 49.8 Å². The molecule has 0 aromatic heterocycles. The number of carbonyl (C=O) groups is 1. The molecule has 0 heterocycles. The van der Waals surface area contributed by atoms with Crippen LogP contribution in [0.25, 0.3) is 0 Å². The van der Waals surface area contributed by atoms with Gasteiger partial charge in [-0.3, -0.25) is 9.69 Å². The Morgan fingerprint density at radius 3 is 2.50 bits per heavy atom. The van der Waals surface area contributed by atoms with Crippen molar-refractivity contribution in [1.82, 2.24) is 4.90 Å². The second-order valence-electron chi connectivity index (χ2n) is 5.51. The number of rotatable bonds is 8. The number of benzene rings is 2. The number of carboxylic acid groups (broad SMARTS) is 1. The number of halogens is 2. The van der Waals surface area contributed by atoms with Crippen LogP contribution in [0.2, 0.25) is 10.0 Å². The van der Waals surface area contributed by atoms with Gasteiger partial charge in [0.25, 0.3) is 0 Å². The van der Waals surface area contributed by atoms with Crippen molar-refractivity contribution in [1.29, 1.82) is 0 Å². The summed E-state index contributed by atoms with van der Waals surface area (Å²) in [4.78, 5) is 12.5. The second kappa shape index (κ2) is 8.92. The van der Waals surface area contributed by atoms with Gasteiger partial charge < -0.3 is 9.84 Å². The maximum Gasteiger partial charge on any atom is 0.317 e. The van der Waals surface area contributed by atoms with Gasteiger partial charge in [-0.1, -0.05) is 53.5 Å². The van der Waals surface area contributed by atoms with Gasteiger partial charge >= 0.3 is 5.97 Å². The van der Waals surface area contributed by atoms with E-state index in [0.29, 0.717) is 28.8 Å². The van der Waals surface area contributed by atoms with Crippen LogP contribution in [0.15, 0.2) is 48.5 Å². The van der Waals surface area contributed by atoms with Crippen molar-refractivity contribution in [2.45, 2.75) is 12.5 Å². The zero-order valence-corrected chi connectivity index (χ0v) is 14.8. The Balaban J connectivity index is 2.11. The highest BCUT2D eigenvalue weighted by molar-refractivity contribution is 6.42. The quantitative estimate of drug-likeness (QED) is 0.744. The lowest BCUT2D eigenvalue weighted by Crippen LogP contribution is -2.28. The summed E-state index contributed by atoms with van der Waals surface area (Å²) in [7, 11) is 1.77. The molecule has 1 N–H and O–H groups in total. The number of hydrogen-bond acceptors (Lipinski definition) is 3. The molecular formula is C18H19Cl2NO3. The minimum absolute atomic E-state index is 0.00567. The standard InChI is InChI=1S/C18H19Cl2NO3/c1-21(12-18(22)23)10-9-17(13-5-3-2-4-6-13)24-14-7-8-15(19)16(20)11-14/h2-8,11,17H,9-10,12H2,1H3,(H,22,23). The molecule has 0 fully saturated rings. The van der Waals surface area contributed by atoms with Crippen LogP contribution in [0, 0.1) is 0 Å². The molecule has 2 aromatic rings. The molecule has 2 aromatic carbocycles. The van der Waals surface area contributed by atoms with Gasteiger partial charge in [0.2, 0.25) is 0 Å². The first-order valence-corrected chi connectivity index (χ1v) is 8.28. The highest BCUT2D eigenvalue weighted by Gasteiger charge is 2.16. The van der Waals surface area contributed by atoms with E-state index in [1.807, 2.05) is 30.3 Å². The first kappa shape index (κ1) is 18.6. The maximum atomic E-state index is 10.8. The lowest BCUT2D eigenvalue weighted by molar-refractivity contribution is -0.138. The van der Waals surface area contributed by atoms with Gasteiger partial charge in [-0.2, -0.15) is 0 Å². The van der Waals surface area contributed by atoms with Gasteiger partial charge in [-0.25, -0.2) is 0 Å². The summed E-state index contributed by atoms with van der Waals surface area (Å²) in [6.07, 6.45) is 0.438. The molecule has 0 saturated heterocycles. The number of hydrogen-bond donors (Lipinski definition) is 1. The molecule has 0 aliphatic rings. The Morgan fingerprint density at radius 1 is 1.17 bits per heavy atom. The van der Waals surface area contributed by atoms with Crippen LogP contribution in [0.5, 0.6) is 5.75 Å². The summed E-state index contributed by atoms with van der Waals surface area (Å²) in [5.74, 6) is -0.224. The number of aliphatic carboxylic acids is 1. The monoisotopic (exact) mass is 367 g/mol. The van der Waals surface area contributed by atoms with Gasteiger partial charge in [0.15, 0.2) is 0 Å². The Bertz CT molecular complexity index is 679. The molecule has 0 aliphatic carbocycles. The van der Waals surface area contributed by atoms with Gasteiger partial charge in [0, 0.05) is 19.0 Å². The Morgan fingerprint density at radius 2 is 1.88 bits per heavy atom. The average molecular weight is 368 g/mol. The summed E-state index contributed by atoms with van der Waals surface area (Å²) in [5, 5.41) is 9.77. The van der Waals surface area contributed by atoms with Crippen LogP contribution in [0.4, 0.5) is 0 Å². The summed E-state index contributed by atoms with van der Waals surface area (Å²) in [5.41, 5.74) is 1.02. The molecule has 2 rings (SSSR count). The first-order chi connectivity index (χ1) is 11.5. The molecule has 0 aliphatic heterocycles. The minimum atomic E-state index is -0.848. The minimum Gasteiger partial charge on any atom is -0.486 e. The molecule has 128 valence electrons. The van der Waals surface area contributed by atoms with Crippen LogP contribution in [0.3, 0.4) is 0 Å². The second-order valence-corrected chi connectivity index (χ2v) is 6.33. The fraction of sp³-hybridized carbons (Fsp3) is 0.278. The number of likely N-dealkylation sites (N-methyl/N-ethyl adjacent to an activating group) is 1. The third kappa shape index (κ3) is 5.71. The zero-order valence-electron chi connectivity index (χ0n) is 13.3. The molecule has 0 amide bonds.